The molecule has 0 bridgehead atoms. The van der Waals surface area contributed by atoms with E-state index in [0.717, 1.165) is 19.3 Å². The summed E-state index contributed by atoms with van der Waals surface area (Å²) in [4.78, 5) is 0.159. The van der Waals surface area contributed by atoms with Gasteiger partial charge in [-0.1, -0.05) is 26.7 Å². The lowest BCUT2D eigenvalue weighted by atomic mass is 10.1. The van der Waals surface area contributed by atoms with Gasteiger partial charge >= 0.3 is 0 Å². The van der Waals surface area contributed by atoms with Crippen LogP contribution in [-0.2, 0) is 16.6 Å². The Bertz CT molecular complexity index is 512. The minimum atomic E-state index is -3.51. The van der Waals surface area contributed by atoms with E-state index < -0.39 is 10.0 Å². The van der Waals surface area contributed by atoms with Crippen LogP contribution < -0.4 is 10.0 Å². The first-order valence-electron chi connectivity index (χ1n) is 6.79. The SMILES string of the molecule is CNCc1cc(S(=O)(=O)NCCCCC(C)C)c(Br)o1. The van der Waals surface area contributed by atoms with Gasteiger partial charge in [0, 0.05) is 12.6 Å². The molecule has 1 rings (SSSR count). The molecule has 0 saturated carbocycles. The Kier molecular flexibility index (Phi) is 7.22. The average Bonchev–Trinajstić information content (AvgIpc) is 2.70. The molecule has 1 heterocycles. The standard InChI is InChI=1S/C13H23BrN2O3S/c1-10(2)6-4-5-7-16-20(17,18)12-8-11(9-15-3)19-13(12)14/h8,10,15-16H,4-7,9H2,1-3H3. The maximum absolute atomic E-state index is 12.1. The number of hydrogen-bond donors (Lipinski definition) is 2. The van der Waals surface area contributed by atoms with Crippen LogP contribution in [0.2, 0.25) is 0 Å². The summed E-state index contributed by atoms with van der Waals surface area (Å²) < 4.78 is 32.5. The Morgan fingerprint density at radius 2 is 2.05 bits per heavy atom. The highest BCUT2D eigenvalue weighted by Gasteiger charge is 2.21. The van der Waals surface area contributed by atoms with Gasteiger partial charge in [0.25, 0.3) is 0 Å². The second kappa shape index (κ2) is 8.17. The molecule has 1 aromatic heterocycles. The van der Waals surface area contributed by atoms with E-state index in [1.807, 2.05) is 0 Å². The highest BCUT2D eigenvalue weighted by molar-refractivity contribution is 9.10. The molecule has 0 aliphatic carbocycles. The molecule has 1 aromatic rings. The van der Waals surface area contributed by atoms with E-state index in [4.69, 9.17) is 4.42 Å². The fourth-order valence-electron chi connectivity index (χ4n) is 1.80. The van der Waals surface area contributed by atoms with Crippen LogP contribution in [0.1, 0.15) is 38.9 Å². The summed E-state index contributed by atoms with van der Waals surface area (Å²) in [5, 5.41) is 2.92. The van der Waals surface area contributed by atoms with Crippen molar-refractivity contribution in [1.82, 2.24) is 10.0 Å². The summed E-state index contributed by atoms with van der Waals surface area (Å²) >= 11 is 3.15. The molecule has 0 atom stereocenters. The minimum Gasteiger partial charge on any atom is -0.452 e. The van der Waals surface area contributed by atoms with Gasteiger partial charge in [0.1, 0.15) is 10.7 Å². The summed E-state index contributed by atoms with van der Waals surface area (Å²) in [5.41, 5.74) is 0. The number of hydrogen-bond acceptors (Lipinski definition) is 4. The molecule has 116 valence electrons. The van der Waals surface area contributed by atoms with Crippen LogP contribution in [-0.4, -0.2) is 22.0 Å². The Morgan fingerprint density at radius 1 is 1.35 bits per heavy atom. The molecular weight excluding hydrogens is 344 g/mol. The second-order valence-electron chi connectivity index (χ2n) is 5.17. The molecule has 0 aliphatic rings. The fraction of sp³-hybridized carbons (Fsp3) is 0.692. The molecule has 0 aromatic carbocycles. The molecule has 0 radical (unpaired) electrons. The van der Waals surface area contributed by atoms with Gasteiger partial charge in [-0.3, -0.25) is 0 Å². The summed E-state index contributed by atoms with van der Waals surface area (Å²) in [7, 11) is -1.73. The lowest BCUT2D eigenvalue weighted by Crippen LogP contribution is -2.24. The number of furan rings is 1. The molecular formula is C13H23BrN2O3S. The largest absolute Gasteiger partial charge is 0.452 e. The summed E-state index contributed by atoms with van der Waals surface area (Å²) in [6.45, 7) is 5.27. The van der Waals surface area contributed by atoms with Crippen molar-refractivity contribution in [3.8, 4) is 0 Å². The van der Waals surface area contributed by atoms with E-state index in [0.29, 0.717) is 24.8 Å². The topological polar surface area (TPSA) is 71.3 Å². The van der Waals surface area contributed by atoms with Gasteiger partial charge in [-0.25, -0.2) is 13.1 Å². The van der Waals surface area contributed by atoms with E-state index in [1.165, 1.54) is 6.07 Å². The van der Waals surface area contributed by atoms with Crippen molar-refractivity contribution in [2.75, 3.05) is 13.6 Å². The molecule has 0 fully saturated rings. The highest BCUT2D eigenvalue weighted by Crippen LogP contribution is 2.26. The Hall–Kier alpha value is -0.370. The van der Waals surface area contributed by atoms with Crippen molar-refractivity contribution < 1.29 is 12.8 Å². The lowest BCUT2D eigenvalue weighted by Gasteiger charge is -2.06. The molecule has 0 aliphatic heterocycles. The van der Waals surface area contributed by atoms with E-state index >= 15 is 0 Å². The molecule has 0 spiro atoms. The van der Waals surface area contributed by atoms with Crippen LogP contribution in [0.4, 0.5) is 0 Å². The van der Waals surface area contributed by atoms with E-state index in [1.54, 1.807) is 7.05 Å². The number of sulfonamides is 1. The van der Waals surface area contributed by atoms with Gasteiger partial charge in [0.15, 0.2) is 4.67 Å². The second-order valence-corrected chi connectivity index (χ2v) is 7.62. The Balaban J connectivity index is 2.55. The number of nitrogens with one attached hydrogen (secondary N) is 2. The zero-order valence-corrected chi connectivity index (χ0v) is 14.6. The third-order valence-electron chi connectivity index (χ3n) is 2.85. The van der Waals surface area contributed by atoms with E-state index in [2.05, 4.69) is 39.8 Å². The number of halogens is 1. The predicted molar refractivity (Wildman–Crippen MR) is 83.0 cm³/mol. The molecule has 0 unspecified atom stereocenters. The molecule has 0 amide bonds. The smallest absolute Gasteiger partial charge is 0.244 e. The van der Waals surface area contributed by atoms with Gasteiger partial charge in [0.05, 0.1) is 6.54 Å². The first-order valence-corrected chi connectivity index (χ1v) is 9.07. The van der Waals surface area contributed by atoms with Gasteiger partial charge in [-0.15, -0.1) is 0 Å². The van der Waals surface area contributed by atoms with Crippen LogP contribution in [0.5, 0.6) is 0 Å². The summed E-state index contributed by atoms with van der Waals surface area (Å²) in [5.74, 6) is 1.23. The fourth-order valence-corrected chi connectivity index (χ4v) is 3.87. The van der Waals surface area contributed by atoms with Crippen LogP contribution >= 0.6 is 15.9 Å². The normalized spacial score (nSPS) is 12.2. The van der Waals surface area contributed by atoms with Gasteiger partial charge in [0.2, 0.25) is 10.0 Å². The maximum atomic E-state index is 12.1. The van der Waals surface area contributed by atoms with Crippen molar-refractivity contribution >= 4 is 26.0 Å². The van der Waals surface area contributed by atoms with Crippen molar-refractivity contribution in [2.45, 2.75) is 44.6 Å². The highest BCUT2D eigenvalue weighted by atomic mass is 79.9. The van der Waals surface area contributed by atoms with E-state index in [-0.39, 0.29) is 9.56 Å². The Morgan fingerprint density at radius 3 is 2.65 bits per heavy atom. The zero-order chi connectivity index (χ0) is 15.2. The Labute approximate surface area is 129 Å². The van der Waals surface area contributed by atoms with Gasteiger partial charge in [-0.05, 0) is 35.3 Å². The van der Waals surface area contributed by atoms with E-state index in [9.17, 15) is 8.42 Å². The van der Waals surface area contributed by atoms with Crippen LogP contribution in [0.25, 0.3) is 0 Å². The molecule has 7 heteroatoms. The quantitative estimate of drug-likeness (QED) is 0.659. The van der Waals surface area contributed by atoms with Crippen molar-refractivity contribution in [3.05, 3.63) is 16.5 Å². The van der Waals surface area contributed by atoms with Crippen LogP contribution in [0, 0.1) is 5.92 Å². The van der Waals surface area contributed by atoms with Crippen molar-refractivity contribution in [3.63, 3.8) is 0 Å². The summed E-state index contributed by atoms with van der Waals surface area (Å²) in [6.07, 6.45) is 2.98. The van der Waals surface area contributed by atoms with Gasteiger partial charge in [-0.2, -0.15) is 0 Å². The van der Waals surface area contributed by atoms with Crippen molar-refractivity contribution in [2.24, 2.45) is 5.92 Å². The predicted octanol–water partition coefficient (Wildman–Crippen LogP) is 2.87. The third kappa shape index (κ3) is 5.55. The lowest BCUT2D eigenvalue weighted by molar-refractivity contribution is 0.470. The molecule has 5 nitrogen and oxygen atoms in total. The third-order valence-corrected chi connectivity index (χ3v) is 5.17. The van der Waals surface area contributed by atoms with Crippen LogP contribution in [0.15, 0.2) is 20.0 Å². The number of unbranched alkanes of at least 4 members (excludes halogenated alkanes) is 1. The number of rotatable bonds is 9. The van der Waals surface area contributed by atoms with Crippen molar-refractivity contribution in [1.29, 1.82) is 0 Å². The molecule has 2 N–H and O–H groups in total. The first kappa shape index (κ1) is 17.7. The minimum absolute atomic E-state index is 0.159. The first-order chi connectivity index (χ1) is 9.36. The maximum Gasteiger partial charge on any atom is 0.244 e. The molecule has 0 saturated heterocycles. The van der Waals surface area contributed by atoms with Crippen LogP contribution in [0.3, 0.4) is 0 Å². The monoisotopic (exact) mass is 366 g/mol. The summed E-state index contributed by atoms with van der Waals surface area (Å²) in [6, 6.07) is 1.54. The zero-order valence-electron chi connectivity index (χ0n) is 12.2. The average molecular weight is 367 g/mol. The van der Waals surface area contributed by atoms with Gasteiger partial charge < -0.3 is 9.73 Å². The molecule has 20 heavy (non-hydrogen) atoms.